The Morgan fingerprint density at radius 1 is 1.45 bits per heavy atom. The molecule has 20 heavy (non-hydrogen) atoms. The lowest BCUT2D eigenvalue weighted by molar-refractivity contribution is -0.154. The summed E-state index contributed by atoms with van der Waals surface area (Å²) in [5.74, 6) is -1.23. The number of carbonyl (C=O) groups excluding carboxylic acids is 1. The van der Waals surface area contributed by atoms with Crippen molar-refractivity contribution < 1.29 is 19.4 Å². The van der Waals surface area contributed by atoms with Crippen molar-refractivity contribution in [1.82, 2.24) is 10.3 Å². The van der Waals surface area contributed by atoms with Crippen LogP contribution in [0.2, 0.25) is 0 Å². The van der Waals surface area contributed by atoms with E-state index < -0.39 is 11.4 Å². The third-order valence-corrected chi connectivity index (χ3v) is 4.13. The van der Waals surface area contributed by atoms with E-state index in [1.807, 2.05) is 0 Å². The molecule has 0 bridgehead atoms. The van der Waals surface area contributed by atoms with Crippen LogP contribution in [0.25, 0.3) is 0 Å². The molecule has 0 unspecified atom stereocenters. The number of nitrogens with one attached hydrogen (secondary N) is 1. The van der Waals surface area contributed by atoms with Crippen LogP contribution in [0.15, 0.2) is 22.9 Å². The van der Waals surface area contributed by atoms with E-state index in [2.05, 4.69) is 26.2 Å². The second kappa shape index (κ2) is 6.32. The van der Waals surface area contributed by atoms with Crippen molar-refractivity contribution in [3.63, 3.8) is 0 Å². The number of carboxylic acids is 1. The van der Waals surface area contributed by atoms with Gasteiger partial charge in [0.1, 0.15) is 4.60 Å². The SMILES string of the molecule is O=C(NCC1(C(=O)O)CCOCC1)c1cccnc1Br. The van der Waals surface area contributed by atoms with Gasteiger partial charge in [-0.05, 0) is 40.9 Å². The van der Waals surface area contributed by atoms with Crippen LogP contribution >= 0.6 is 15.9 Å². The molecule has 0 radical (unpaired) electrons. The predicted molar refractivity (Wildman–Crippen MR) is 74.4 cm³/mol. The standard InChI is InChI=1S/C13H15BrN2O4/c14-10-9(2-1-5-15-10)11(17)16-8-13(12(18)19)3-6-20-7-4-13/h1-2,5H,3-4,6-8H2,(H,16,17)(H,18,19). The second-order valence-corrected chi connectivity index (χ2v) is 5.47. The molecule has 2 heterocycles. The summed E-state index contributed by atoms with van der Waals surface area (Å²) >= 11 is 3.20. The number of halogens is 1. The molecule has 7 heteroatoms. The third kappa shape index (κ3) is 3.16. The largest absolute Gasteiger partial charge is 0.481 e. The molecule has 108 valence electrons. The van der Waals surface area contributed by atoms with E-state index in [-0.39, 0.29) is 12.5 Å². The van der Waals surface area contributed by atoms with Gasteiger partial charge in [0.2, 0.25) is 0 Å². The number of carbonyl (C=O) groups is 2. The molecule has 0 spiro atoms. The first-order valence-electron chi connectivity index (χ1n) is 6.25. The van der Waals surface area contributed by atoms with Crippen molar-refractivity contribution in [2.24, 2.45) is 5.41 Å². The number of ether oxygens (including phenoxy) is 1. The summed E-state index contributed by atoms with van der Waals surface area (Å²) in [5, 5.41) is 12.1. The fourth-order valence-electron chi connectivity index (χ4n) is 2.13. The molecule has 0 saturated carbocycles. The maximum atomic E-state index is 12.1. The van der Waals surface area contributed by atoms with Crippen LogP contribution in [0.1, 0.15) is 23.2 Å². The van der Waals surface area contributed by atoms with Crippen LogP contribution in [0.5, 0.6) is 0 Å². The number of rotatable bonds is 4. The molecule has 2 rings (SSSR count). The van der Waals surface area contributed by atoms with Gasteiger partial charge in [0.05, 0.1) is 11.0 Å². The van der Waals surface area contributed by atoms with E-state index in [1.165, 1.54) is 0 Å². The van der Waals surface area contributed by atoms with E-state index in [0.717, 1.165) is 0 Å². The number of amides is 1. The van der Waals surface area contributed by atoms with Crippen molar-refractivity contribution in [3.8, 4) is 0 Å². The van der Waals surface area contributed by atoms with Gasteiger partial charge < -0.3 is 15.2 Å². The molecule has 1 aliphatic rings. The molecule has 0 atom stereocenters. The van der Waals surface area contributed by atoms with Gasteiger partial charge in [0.15, 0.2) is 0 Å². The smallest absolute Gasteiger partial charge is 0.311 e. The highest BCUT2D eigenvalue weighted by Gasteiger charge is 2.40. The first-order valence-corrected chi connectivity index (χ1v) is 7.04. The number of nitrogens with zero attached hydrogens (tertiary/aromatic N) is 1. The van der Waals surface area contributed by atoms with Crippen LogP contribution in [-0.4, -0.2) is 41.7 Å². The summed E-state index contributed by atoms with van der Waals surface area (Å²) < 4.78 is 5.63. The van der Waals surface area contributed by atoms with E-state index >= 15 is 0 Å². The Hall–Kier alpha value is -1.47. The van der Waals surface area contributed by atoms with Crippen LogP contribution in [-0.2, 0) is 9.53 Å². The molecule has 0 aromatic carbocycles. The fraction of sp³-hybridized carbons (Fsp3) is 0.462. The topological polar surface area (TPSA) is 88.5 Å². The van der Waals surface area contributed by atoms with Crippen LogP contribution in [0.3, 0.4) is 0 Å². The van der Waals surface area contributed by atoms with Gasteiger partial charge in [-0.3, -0.25) is 9.59 Å². The van der Waals surface area contributed by atoms with Gasteiger partial charge in [-0.25, -0.2) is 4.98 Å². The molecular weight excluding hydrogens is 328 g/mol. The normalized spacial score (nSPS) is 17.4. The van der Waals surface area contributed by atoms with Crippen molar-refractivity contribution in [2.45, 2.75) is 12.8 Å². The molecule has 1 fully saturated rings. The maximum absolute atomic E-state index is 12.1. The Bertz CT molecular complexity index is 515. The molecular formula is C13H15BrN2O4. The minimum absolute atomic E-state index is 0.0891. The predicted octanol–water partition coefficient (Wildman–Crippen LogP) is 1.46. The first kappa shape index (κ1) is 14.9. The number of hydrogen-bond donors (Lipinski definition) is 2. The summed E-state index contributed by atoms with van der Waals surface area (Å²) in [6.07, 6.45) is 2.37. The molecule has 6 nitrogen and oxygen atoms in total. The highest BCUT2D eigenvalue weighted by Crippen LogP contribution is 2.30. The Morgan fingerprint density at radius 3 is 2.75 bits per heavy atom. The third-order valence-electron chi connectivity index (χ3n) is 3.49. The first-order chi connectivity index (χ1) is 9.55. The van der Waals surface area contributed by atoms with Gasteiger partial charge in [-0.2, -0.15) is 0 Å². The molecule has 1 aromatic heterocycles. The summed E-state index contributed by atoms with van der Waals surface area (Å²) in [6, 6.07) is 3.28. The summed E-state index contributed by atoms with van der Waals surface area (Å²) in [5.41, 5.74) is -0.553. The van der Waals surface area contributed by atoms with Crippen molar-refractivity contribution >= 4 is 27.8 Å². The Labute approximate surface area is 124 Å². The maximum Gasteiger partial charge on any atom is 0.311 e. The molecule has 2 N–H and O–H groups in total. The molecule has 1 aliphatic heterocycles. The number of hydrogen-bond acceptors (Lipinski definition) is 4. The van der Waals surface area contributed by atoms with E-state index in [4.69, 9.17) is 4.74 Å². The zero-order chi connectivity index (χ0) is 14.6. The summed E-state index contributed by atoms with van der Waals surface area (Å²) in [4.78, 5) is 27.5. The Morgan fingerprint density at radius 2 is 2.15 bits per heavy atom. The van der Waals surface area contributed by atoms with Gasteiger partial charge in [-0.15, -0.1) is 0 Å². The number of aromatic nitrogens is 1. The van der Waals surface area contributed by atoms with E-state index in [0.29, 0.717) is 36.2 Å². The molecule has 1 amide bonds. The van der Waals surface area contributed by atoms with Gasteiger partial charge >= 0.3 is 5.97 Å². The fourth-order valence-corrected chi connectivity index (χ4v) is 2.56. The second-order valence-electron chi connectivity index (χ2n) is 4.72. The molecule has 0 aliphatic carbocycles. The van der Waals surface area contributed by atoms with Gasteiger partial charge in [0, 0.05) is 26.0 Å². The van der Waals surface area contributed by atoms with Gasteiger partial charge in [0.25, 0.3) is 5.91 Å². The highest BCUT2D eigenvalue weighted by molar-refractivity contribution is 9.10. The average Bonchev–Trinajstić information content (AvgIpc) is 2.46. The zero-order valence-electron chi connectivity index (χ0n) is 10.8. The van der Waals surface area contributed by atoms with Crippen molar-refractivity contribution in [3.05, 3.63) is 28.5 Å². The lowest BCUT2D eigenvalue weighted by Crippen LogP contribution is -2.46. The lowest BCUT2D eigenvalue weighted by Gasteiger charge is -2.33. The quantitative estimate of drug-likeness (QED) is 0.808. The van der Waals surface area contributed by atoms with E-state index in [1.54, 1.807) is 18.3 Å². The van der Waals surface area contributed by atoms with Crippen LogP contribution in [0, 0.1) is 5.41 Å². The monoisotopic (exact) mass is 342 g/mol. The minimum Gasteiger partial charge on any atom is -0.481 e. The van der Waals surface area contributed by atoms with Crippen LogP contribution < -0.4 is 5.32 Å². The summed E-state index contributed by atoms with van der Waals surface area (Å²) in [6.45, 7) is 0.892. The number of carboxylic acid groups (broad SMARTS) is 1. The molecule has 1 aromatic rings. The number of aliphatic carboxylic acids is 1. The van der Waals surface area contributed by atoms with Crippen molar-refractivity contribution in [2.75, 3.05) is 19.8 Å². The van der Waals surface area contributed by atoms with Gasteiger partial charge in [-0.1, -0.05) is 0 Å². The van der Waals surface area contributed by atoms with Crippen LogP contribution in [0.4, 0.5) is 0 Å². The average molecular weight is 343 g/mol. The minimum atomic E-state index is -0.942. The Balaban J connectivity index is 2.05. The lowest BCUT2D eigenvalue weighted by atomic mass is 9.80. The summed E-state index contributed by atoms with van der Waals surface area (Å²) in [7, 11) is 0. The molecule has 1 saturated heterocycles. The van der Waals surface area contributed by atoms with E-state index in [9.17, 15) is 14.7 Å². The number of pyridine rings is 1. The Kier molecular flexibility index (Phi) is 4.72. The zero-order valence-corrected chi connectivity index (χ0v) is 12.4. The van der Waals surface area contributed by atoms with Crippen molar-refractivity contribution in [1.29, 1.82) is 0 Å². The highest BCUT2D eigenvalue weighted by atomic mass is 79.9.